The maximum Gasteiger partial charge on any atom is 0.262 e. The maximum absolute atomic E-state index is 12.5. The quantitative estimate of drug-likeness (QED) is 0.594. The molecule has 0 spiro atoms. The summed E-state index contributed by atoms with van der Waals surface area (Å²) >= 11 is 0. The molecule has 8 heteroatoms. The molecule has 2 aliphatic heterocycles. The molecule has 2 aliphatic rings. The molecule has 2 atom stereocenters. The second-order valence-electron chi connectivity index (χ2n) is 8.63. The number of amides is 3. The first-order valence-corrected chi connectivity index (χ1v) is 11.8. The molecule has 34 heavy (non-hydrogen) atoms. The fraction of sp³-hybridized carbons (Fsp3) is 0.423. The SMILES string of the molecule is CCc1ccccc1NC(=O)COc1ccc(N2C[C@H](C(=O)NC[C@@H]3CCCO3)CC2=O)cc1. The lowest BCUT2D eigenvalue weighted by molar-refractivity contribution is -0.126. The molecule has 180 valence electrons. The molecule has 0 bridgehead atoms. The van der Waals surface area contributed by atoms with Gasteiger partial charge >= 0.3 is 0 Å². The van der Waals surface area contributed by atoms with Crippen molar-refractivity contribution in [2.45, 2.75) is 38.7 Å². The summed E-state index contributed by atoms with van der Waals surface area (Å²) in [6.07, 6.45) is 3.07. The first-order valence-electron chi connectivity index (χ1n) is 11.8. The summed E-state index contributed by atoms with van der Waals surface area (Å²) in [4.78, 5) is 38.9. The minimum atomic E-state index is -0.375. The Labute approximate surface area is 199 Å². The number of nitrogens with zero attached hydrogens (tertiary/aromatic N) is 1. The van der Waals surface area contributed by atoms with Crippen molar-refractivity contribution in [1.82, 2.24) is 5.32 Å². The van der Waals surface area contributed by atoms with Gasteiger partial charge in [0.25, 0.3) is 5.91 Å². The summed E-state index contributed by atoms with van der Waals surface area (Å²) in [5.41, 5.74) is 2.55. The van der Waals surface area contributed by atoms with Crippen LogP contribution >= 0.6 is 0 Å². The van der Waals surface area contributed by atoms with Crippen LogP contribution in [0.1, 0.15) is 31.7 Å². The Bertz CT molecular complexity index is 1020. The summed E-state index contributed by atoms with van der Waals surface area (Å²) < 4.78 is 11.1. The standard InChI is InChI=1S/C26H31N3O5/c1-2-18-6-3-4-8-23(18)28-24(30)17-34-21-11-9-20(10-12-21)29-16-19(14-25(29)31)26(32)27-15-22-7-5-13-33-22/h3-4,6,8-12,19,22H,2,5,7,13-17H2,1H3,(H,27,32)(H,28,30)/t19-,22+/m1/s1. The summed E-state index contributed by atoms with van der Waals surface area (Å²) in [6, 6.07) is 14.7. The van der Waals surface area contributed by atoms with Crippen LogP contribution in [0.15, 0.2) is 48.5 Å². The lowest BCUT2D eigenvalue weighted by Crippen LogP contribution is -2.37. The van der Waals surface area contributed by atoms with Gasteiger partial charge in [-0.05, 0) is 55.2 Å². The normalized spacial score (nSPS) is 19.8. The lowest BCUT2D eigenvalue weighted by atomic mass is 10.1. The van der Waals surface area contributed by atoms with Gasteiger partial charge in [0.2, 0.25) is 11.8 Å². The van der Waals surface area contributed by atoms with Gasteiger partial charge in [-0.25, -0.2) is 0 Å². The Morgan fingerprint density at radius 1 is 1.15 bits per heavy atom. The Kier molecular flexibility index (Phi) is 7.80. The number of rotatable bonds is 9. The van der Waals surface area contributed by atoms with Gasteiger partial charge in [0.1, 0.15) is 5.75 Å². The van der Waals surface area contributed by atoms with E-state index in [4.69, 9.17) is 9.47 Å². The highest BCUT2D eigenvalue weighted by Gasteiger charge is 2.35. The molecule has 0 saturated carbocycles. The molecule has 2 N–H and O–H groups in total. The first-order chi connectivity index (χ1) is 16.5. The number of nitrogens with one attached hydrogen (secondary N) is 2. The highest BCUT2D eigenvalue weighted by atomic mass is 16.5. The second-order valence-corrected chi connectivity index (χ2v) is 8.63. The Hall–Kier alpha value is -3.39. The van der Waals surface area contributed by atoms with Crippen molar-refractivity contribution in [3.05, 3.63) is 54.1 Å². The number of carbonyl (C=O) groups excluding carboxylic acids is 3. The van der Waals surface area contributed by atoms with Gasteiger partial charge in [-0.3, -0.25) is 14.4 Å². The predicted octanol–water partition coefficient (Wildman–Crippen LogP) is 2.91. The van der Waals surface area contributed by atoms with E-state index in [-0.39, 0.29) is 42.8 Å². The van der Waals surface area contributed by atoms with Crippen LogP contribution in [0.3, 0.4) is 0 Å². The van der Waals surface area contributed by atoms with E-state index in [0.29, 0.717) is 24.5 Å². The molecule has 0 aliphatic carbocycles. The number of hydrogen-bond acceptors (Lipinski definition) is 5. The van der Waals surface area contributed by atoms with Gasteiger partial charge in [-0.1, -0.05) is 25.1 Å². The highest BCUT2D eigenvalue weighted by molar-refractivity contribution is 6.00. The number of ether oxygens (including phenoxy) is 2. The molecule has 0 radical (unpaired) electrons. The largest absolute Gasteiger partial charge is 0.484 e. The molecule has 2 saturated heterocycles. The van der Waals surface area contributed by atoms with E-state index in [1.54, 1.807) is 29.2 Å². The van der Waals surface area contributed by atoms with Crippen molar-refractivity contribution in [3.8, 4) is 5.75 Å². The van der Waals surface area contributed by atoms with Crippen molar-refractivity contribution in [2.24, 2.45) is 5.92 Å². The molecule has 4 rings (SSSR count). The van der Waals surface area contributed by atoms with Gasteiger partial charge in [-0.2, -0.15) is 0 Å². The zero-order valence-corrected chi connectivity index (χ0v) is 19.4. The zero-order chi connectivity index (χ0) is 23.9. The molecular formula is C26H31N3O5. The molecule has 8 nitrogen and oxygen atoms in total. The van der Waals surface area contributed by atoms with Crippen molar-refractivity contribution < 1.29 is 23.9 Å². The minimum Gasteiger partial charge on any atom is -0.484 e. The number of anilines is 2. The summed E-state index contributed by atoms with van der Waals surface area (Å²) in [7, 11) is 0. The Morgan fingerprint density at radius 2 is 1.94 bits per heavy atom. The lowest BCUT2D eigenvalue weighted by Gasteiger charge is -2.18. The third-order valence-corrected chi connectivity index (χ3v) is 6.21. The van der Waals surface area contributed by atoms with Gasteiger partial charge in [-0.15, -0.1) is 0 Å². The number of para-hydroxylation sites is 1. The third-order valence-electron chi connectivity index (χ3n) is 6.21. The first kappa shape index (κ1) is 23.8. The van der Waals surface area contributed by atoms with E-state index in [0.717, 1.165) is 37.1 Å². The van der Waals surface area contributed by atoms with Crippen LogP contribution in [0.2, 0.25) is 0 Å². The smallest absolute Gasteiger partial charge is 0.262 e. The summed E-state index contributed by atoms with van der Waals surface area (Å²) in [6.45, 7) is 3.50. The van der Waals surface area contributed by atoms with Crippen LogP contribution in [-0.4, -0.2) is 50.1 Å². The fourth-order valence-electron chi connectivity index (χ4n) is 4.30. The van der Waals surface area contributed by atoms with Gasteiger partial charge < -0.3 is 25.0 Å². The van der Waals surface area contributed by atoms with E-state index < -0.39 is 0 Å². The fourth-order valence-corrected chi connectivity index (χ4v) is 4.30. The van der Waals surface area contributed by atoms with E-state index in [2.05, 4.69) is 10.6 Å². The molecule has 3 amide bonds. The van der Waals surface area contributed by atoms with Crippen LogP contribution in [-0.2, 0) is 25.5 Å². The van der Waals surface area contributed by atoms with Crippen LogP contribution in [0.4, 0.5) is 11.4 Å². The van der Waals surface area contributed by atoms with Crippen LogP contribution in [0.5, 0.6) is 5.75 Å². The van der Waals surface area contributed by atoms with E-state index in [9.17, 15) is 14.4 Å². The Balaban J connectivity index is 1.26. The van der Waals surface area contributed by atoms with Crippen molar-refractivity contribution >= 4 is 29.1 Å². The van der Waals surface area contributed by atoms with Crippen LogP contribution < -0.4 is 20.3 Å². The minimum absolute atomic E-state index is 0.0770. The number of hydrogen-bond donors (Lipinski definition) is 2. The monoisotopic (exact) mass is 465 g/mol. The third kappa shape index (κ3) is 5.94. The molecule has 2 heterocycles. The van der Waals surface area contributed by atoms with E-state index >= 15 is 0 Å². The average molecular weight is 466 g/mol. The van der Waals surface area contributed by atoms with E-state index in [1.807, 2.05) is 31.2 Å². The van der Waals surface area contributed by atoms with Gasteiger partial charge in [0, 0.05) is 37.5 Å². The zero-order valence-electron chi connectivity index (χ0n) is 19.4. The summed E-state index contributed by atoms with van der Waals surface area (Å²) in [5, 5.41) is 5.79. The number of benzene rings is 2. The summed E-state index contributed by atoms with van der Waals surface area (Å²) in [5.74, 6) is -0.280. The number of aryl methyl sites for hydroxylation is 1. The molecule has 2 fully saturated rings. The predicted molar refractivity (Wildman–Crippen MR) is 129 cm³/mol. The maximum atomic E-state index is 12.5. The second kappa shape index (κ2) is 11.2. The van der Waals surface area contributed by atoms with Crippen molar-refractivity contribution in [2.75, 3.05) is 36.5 Å². The molecular weight excluding hydrogens is 434 g/mol. The average Bonchev–Trinajstić information content (AvgIpc) is 3.52. The number of carbonyl (C=O) groups is 3. The van der Waals surface area contributed by atoms with Crippen molar-refractivity contribution in [1.29, 1.82) is 0 Å². The highest BCUT2D eigenvalue weighted by Crippen LogP contribution is 2.27. The van der Waals surface area contributed by atoms with Crippen LogP contribution in [0, 0.1) is 5.92 Å². The van der Waals surface area contributed by atoms with Gasteiger partial charge in [0.05, 0.1) is 12.0 Å². The Morgan fingerprint density at radius 3 is 2.68 bits per heavy atom. The van der Waals surface area contributed by atoms with Gasteiger partial charge in [0.15, 0.2) is 6.61 Å². The molecule has 2 aromatic carbocycles. The van der Waals surface area contributed by atoms with Crippen LogP contribution in [0.25, 0.3) is 0 Å². The van der Waals surface area contributed by atoms with E-state index in [1.165, 1.54) is 0 Å². The van der Waals surface area contributed by atoms with Crippen molar-refractivity contribution in [3.63, 3.8) is 0 Å². The molecule has 0 aromatic heterocycles. The molecule has 2 aromatic rings. The molecule has 0 unspecified atom stereocenters. The topological polar surface area (TPSA) is 97.0 Å².